The first-order chi connectivity index (χ1) is 9.74. The molecule has 0 aromatic heterocycles. The number of aliphatic hydroxyl groups is 1. The molecule has 2 aliphatic rings. The molecule has 1 aromatic rings. The Bertz CT molecular complexity index is 427. The van der Waals surface area contributed by atoms with Gasteiger partial charge in [-0.1, -0.05) is 12.1 Å². The lowest BCUT2D eigenvalue weighted by molar-refractivity contribution is 0.0209. The second-order valence-electron chi connectivity index (χ2n) is 5.80. The Morgan fingerprint density at radius 1 is 1.15 bits per heavy atom. The molecular weight excluding hydrogens is 252 g/mol. The van der Waals surface area contributed by atoms with E-state index in [-0.39, 0.29) is 6.10 Å². The fourth-order valence-electron chi connectivity index (χ4n) is 3.18. The van der Waals surface area contributed by atoms with Gasteiger partial charge in [0.25, 0.3) is 0 Å². The molecule has 2 atom stereocenters. The van der Waals surface area contributed by atoms with E-state index in [1.807, 2.05) is 12.1 Å². The third-order valence-electron chi connectivity index (χ3n) is 4.47. The number of rotatable bonds is 3. The predicted molar refractivity (Wildman–Crippen MR) is 80.1 cm³/mol. The van der Waals surface area contributed by atoms with Crippen molar-refractivity contribution in [3.63, 3.8) is 0 Å². The molecule has 0 saturated carbocycles. The summed E-state index contributed by atoms with van der Waals surface area (Å²) in [4.78, 5) is 5.01. The highest BCUT2D eigenvalue weighted by Gasteiger charge is 2.28. The summed E-state index contributed by atoms with van der Waals surface area (Å²) in [5.74, 6) is 0. The van der Waals surface area contributed by atoms with Gasteiger partial charge in [-0.05, 0) is 31.0 Å². The third-order valence-corrected chi connectivity index (χ3v) is 4.47. The summed E-state index contributed by atoms with van der Waals surface area (Å²) < 4.78 is 5.43. The van der Waals surface area contributed by atoms with Crippen LogP contribution in [0.2, 0.25) is 0 Å². The van der Waals surface area contributed by atoms with Gasteiger partial charge >= 0.3 is 0 Å². The number of anilines is 1. The smallest absolute Gasteiger partial charge is 0.0761 e. The van der Waals surface area contributed by atoms with Crippen LogP contribution in [0.4, 0.5) is 5.69 Å². The van der Waals surface area contributed by atoms with Crippen LogP contribution >= 0.6 is 0 Å². The fraction of sp³-hybridized carbons (Fsp3) is 0.625. The Hall–Kier alpha value is -1.10. The highest BCUT2D eigenvalue weighted by Crippen LogP contribution is 2.25. The van der Waals surface area contributed by atoms with E-state index >= 15 is 0 Å². The van der Waals surface area contributed by atoms with Crippen molar-refractivity contribution in [3.05, 3.63) is 29.8 Å². The van der Waals surface area contributed by atoms with Crippen LogP contribution in [0.15, 0.2) is 24.3 Å². The number of nitrogens with zero attached hydrogens (tertiary/aromatic N) is 2. The van der Waals surface area contributed by atoms with Crippen LogP contribution in [0, 0.1) is 0 Å². The summed E-state index contributed by atoms with van der Waals surface area (Å²) in [6, 6.07) is 8.98. The second-order valence-corrected chi connectivity index (χ2v) is 5.80. The maximum Gasteiger partial charge on any atom is 0.0761 e. The van der Waals surface area contributed by atoms with Gasteiger partial charge in [0, 0.05) is 37.9 Å². The van der Waals surface area contributed by atoms with Crippen molar-refractivity contribution >= 4 is 5.69 Å². The molecular formula is C16H24N2O2. The van der Waals surface area contributed by atoms with Crippen LogP contribution in [0.3, 0.4) is 0 Å². The van der Waals surface area contributed by atoms with Crippen molar-refractivity contribution < 1.29 is 9.84 Å². The Kier molecular flexibility index (Phi) is 4.24. The van der Waals surface area contributed by atoms with Crippen LogP contribution in [-0.4, -0.2) is 55.4 Å². The van der Waals surface area contributed by atoms with Gasteiger partial charge in [-0.2, -0.15) is 0 Å². The number of hydrogen-bond donors (Lipinski definition) is 1. The van der Waals surface area contributed by atoms with Crippen LogP contribution < -0.4 is 4.90 Å². The lowest BCUT2D eigenvalue weighted by Gasteiger charge is -2.32. The van der Waals surface area contributed by atoms with Crippen LogP contribution in [-0.2, 0) is 4.74 Å². The molecule has 2 saturated heterocycles. The summed E-state index contributed by atoms with van der Waals surface area (Å²) in [5.41, 5.74) is 2.25. The molecule has 20 heavy (non-hydrogen) atoms. The van der Waals surface area contributed by atoms with Crippen molar-refractivity contribution in [2.24, 2.45) is 0 Å². The zero-order valence-electron chi connectivity index (χ0n) is 12.2. The fourth-order valence-corrected chi connectivity index (χ4v) is 3.18. The van der Waals surface area contributed by atoms with Gasteiger partial charge < -0.3 is 14.7 Å². The Morgan fingerprint density at radius 3 is 2.50 bits per heavy atom. The molecule has 4 heteroatoms. The lowest BCUT2D eigenvalue weighted by atomic mass is 10.1. The highest BCUT2D eigenvalue weighted by molar-refractivity contribution is 5.49. The second kappa shape index (κ2) is 6.12. The molecule has 0 radical (unpaired) electrons. The zero-order chi connectivity index (χ0) is 13.9. The summed E-state index contributed by atoms with van der Waals surface area (Å²) in [7, 11) is 0. The first-order valence-corrected chi connectivity index (χ1v) is 7.59. The first-order valence-electron chi connectivity index (χ1n) is 7.59. The van der Waals surface area contributed by atoms with Crippen molar-refractivity contribution in [2.45, 2.75) is 25.5 Å². The van der Waals surface area contributed by atoms with Gasteiger partial charge in [-0.3, -0.25) is 4.90 Å². The average Bonchev–Trinajstić information content (AvgIpc) is 2.98. The lowest BCUT2D eigenvalue weighted by Crippen LogP contribution is -2.44. The minimum absolute atomic E-state index is 0.385. The predicted octanol–water partition coefficient (Wildman–Crippen LogP) is 1.65. The summed E-state index contributed by atoms with van der Waals surface area (Å²) in [5, 5.41) is 9.56. The largest absolute Gasteiger partial charge is 0.389 e. The molecule has 1 N–H and O–H groups in total. The number of hydrogen-bond acceptors (Lipinski definition) is 4. The van der Waals surface area contributed by atoms with E-state index in [9.17, 15) is 5.11 Å². The van der Waals surface area contributed by atoms with E-state index in [0.717, 1.165) is 45.0 Å². The molecule has 2 heterocycles. The van der Waals surface area contributed by atoms with E-state index in [1.165, 1.54) is 12.1 Å². The minimum Gasteiger partial charge on any atom is -0.389 e. The van der Waals surface area contributed by atoms with E-state index in [1.54, 1.807) is 6.92 Å². The number of aliphatic hydroxyl groups excluding tert-OH is 1. The van der Waals surface area contributed by atoms with E-state index in [2.05, 4.69) is 21.9 Å². The Labute approximate surface area is 120 Å². The summed E-state index contributed by atoms with van der Waals surface area (Å²) in [6.07, 6.45) is 0.849. The molecule has 1 aromatic carbocycles. The van der Waals surface area contributed by atoms with Crippen LogP contribution in [0.1, 0.15) is 25.0 Å². The molecule has 3 rings (SSSR count). The topological polar surface area (TPSA) is 35.9 Å². The Morgan fingerprint density at radius 2 is 1.85 bits per heavy atom. The van der Waals surface area contributed by atoms with Gasteiger partial charge in [-0.25, -0.2) is 0 Å². The van der Waals surface area contributed by atoms with Gasteiger partial charge in [0.05, 0.1) is 19.3 Å². The monoisotopic (exact) mass is 276 g/mol. The molecule has 2 fully saturated rings. The summed E-state index contributed by atoms with van der Waals surface area (Å²) in [6.45, 7) is 7.92. The molecule has 110 valence electrons. The van der Waals surface area contributed by atoms with Gasteiger partial charge in [0.1, 0.15) is 0 Å². The van der Waals surface area contributed by atoms with Crippen LogP contribution in [0.25, 0.3) is 0 Å². The van der Waals surface area contributed by atoms with E-state index in [4.69, 9.17) is 4.74 Å². The van der Waals surface area contributed by atoms with E-state index < -0.39 is 0 Å². The standard InChI is InChI=1S/C16H24N2O2/c1-13(19)14-2-4-15(5-3-14)18-7-6-16(12-18)17-8-10-20-11-9-17/h2-5,13,16,19H,6-12H2,1H3. The van der Waals surface area contributed by atoms with Crippen molar-refractivity contribution in [1.82, 2.24) is 4.90 Å². The van der Waals surface area contributed by atoms with Crippen LogP contribution in [0.5, 0.6) is 0 Å². The average molecular weight is 276 g/mol. The van der Waals surface area contributed by atoms with Crippen molar-refractivity contribution in [2.75, 3.05) is 44.3 Å². The third kappa shape index (κ3) is 2.97. The minimum atomic E-state index is -0.385. The zero-order valence-corrected chi connectivity index (χ0v) is 12.2. The van der Waals surface area contributed by atoms with E-state index in [0.29, 0.717) is 6.04 Å². The molecule has 0 bridgehead atoms. The molecule has 0 amide bonds. The van der Waals surface area contributed by atoms with Gasteiger partial charge in [-0.15, -0.1) is 0 Å². The van der Waals surface area contributed by atoms with Crippen molar-refractivity contribution in [1.29, 1.82) is 0 Å². The van der Waals surface area contributed by atoms with Gasteiger partial charge in [0.15, 0.2) is 0 Å². The molecule has 4 nitrogen and oxygen atoms in total. The quantitative estimate of drug-likeness (QED) is 0.910. The normalized spacial score (nSPS) is 25.9. The number of ether oxygens (including phenoxy) is 1. The number of morpholine rings is 1. The molecule has 2 aliphatic heterocycles. The molecule has 0 aliphatic carbocycles. The summed E-state index contributed by atoms with van der Waals surface area (Å²) >= 11 is 0. The molecule has 2 unspecified atom stereocenters. The van der Waals surface area contributed by atoms with Gasteiger partial charge in [0.2, 0.25) is 0 Å². The Balaban J connectivity index is 1.61. The SMILES string of the molecule is CC(O)c1ccc(N2CCC(N3CCOCC3)C2)cc1. The highest BCUT2D eigenvalue weighted by atomic mass is 16.5. The maximum atomic E-state index is 9.56. The number of benzene rings is 1. The molecule has 0 spiro atoms. The first kappa shape index (κ1) is 13.9. The maximum absolute atomic E-state index is 9.56. The van der Waals surface area contributed by atoms with Crippen molar-refractivity contribution in [3.8, 4) is 0 Å².